The molecule has 23 heavy (non-hydrogen) atoms. The van der Waals surface area contributed by atoms with Crippen LogP contribution in [0.15, 0.2) is 12.1 Å². The molecular formula is C17H20ClNO4. The monoisotopic (exact) mass is 337 g/mol. The molecule has 0 saturated carbocycles. The van der Waals surface area contributed by atoms with Crippen molar-refractivity contribution in [3.8, 4) is 0 Å². The molecule has 2 heterocycles. The number of rotatable bonds is 2. The van der Waals surface area contributed by atoms with Crippen molar-refractivity contribution in [1.82, 2.24) is 5.06 Å². The fraction of sp³-hybridized carbons (Fsp3) is 0.529. The first kappa shape index (κ1) is 16.4. The van der Waals surface area contributed by atoms with Gasteiger partial charge in [-0.25, -0.2) is 0 Å². The molecule has 0 aliphatic carbocycles. The Hall–Kier alpha value is -1.43. The fourth-order valence-electron chi connectivity index (χ4n) is 3.43. The topological polar surface area (TPSA) is 55.8 Å². The largest absolute Gasteiger partial charge is 0.450 e. The maximum Gasteiger partial charge on any atom is 0.322 e. The fourth-order valence-corrected chi connectivity index (χ4v) is 3.65. The molecule has 2 saturated heterocycles. The summed E-state index contributed by atoms with van der Waals surface area (Å²) in [4.78, 5) is 30.6. The van der Waals surface area contributed by atoms with Gasteiger partial charge >= 0.3 is 5.97 Å². The summed E-state index contributed by atoms with van der Waals surface area (Å²) < 4.78 is 5.58. The number of nitrogens with zero attached hydrogens (tertiary/aromatic N) is 1. The molecule has 2 aliphatic rings. The number of Topliss-reactive ketones (excluding diaryl/α,β-unsaturated/α-hetero) is 1. The number of ether oxygens (including phenoxy) is 1. The third-order valence-corrected chi connectivity index (χ3v) is 5.30. The van der Waals surface area contributed by atoms with Crippen LogP contribution in [0.1, 0.15) is 35.4 Å². The van der Waals surface area contributed by atoms with Crippen molar-refractivity contribution in [2.24, 2.45) is 0 Å². The van der Waals surface area contributed by atoms with Crippen LogP contribution in [-0.4, -0.2) is 42.6 Å². The van der Waals surface area contributed by atoms with Gasteiger partial charge in [0.15, 0.2) is 11.4 Å². The van der Waals surface area contributed by atoms with E-state index in [1.54, 1.807) is 18.2 Å². The van der Waals surface area contributed by atoms with Gasteiger partial charge < -0.3 is 9.57 Å². The number of esters is 1. The molecule has 2 aliphatic heterocycles. The molecule has 6 heteroatoms. The van der Waals surface area contributed by atoms with Gasteiger partial charge in [0.2, 0.25) is 0 Å². The smallest absolute Gasteiger partial charge is 0.322 e. The van der Waals surface area contributed by atoms with Crippen LogP contribution in [0, 0.1) is 13.8 Å². The van der Waals surface area contributed by atoms with Crippen molar-refractivity contribution in [2.45, 2.75) is 38.2 Å². The first-order valence-electron chi connectivity index (χ1n) is 7.71. The van der Waals surface area contributed by atoms with E-state index in [1.165, 1.54) is 0 Å². The highest BCUT2D eigenvalue weighted by Crippen LogP contribution is 2.42. The summed E-state index contributed by atoms with van der Waals surface area (Å²) in [5, 5.41) is 2.41. The van der Waals surface area contributed by atoms with E-state index >= 15 is 0 Å². The van der Waals surface area contributed by atoms with Gasteiger partial charge in [0.1, 0.15) is 5.92 Å². The molecule has 0 radical (unpaired) electrons. The third kappa shape index (κ3) is 2.67. The highest BCUT2D eigenvalue weighted by Gasteiger charge is 2.56. The Kier molecular flexibility index (Phi) is 4.21. The van der Waals surface area contributed by atoms with Crippen molar-refractivity contribution < 1.29 is 19.2 Å². The van der Waals surface area contributed by atoms with Crippen LogP contribution in [-0.2, 0) is 19.2 Å². The van der Waals surface area contributed by atoms with Crippen molar-refractivity contribution in [3.63, 3.8) is 0 Å². The number of benzene rings is 1. The zero-order chi connectivity index (χ0) is 16.8. The van der Waals surface area contributed by atoms with Crippen molar-refractivity contribution in [1.29, 1.82) is 0 Å². The molecule has 0 N–H and O–H groups in total. The number of hydroxylamine groups is 2. The molecule has 0 aromatic heterocycles. The van der Waals surface area contributed by atoms with E-state index in [0.29, 0.717) is 36.5 Å². The van der Waals surface area contributed by atoms with E-state index < -0.39 is 17.5 Å². The molecule has 1 aromatic rings. The predicted molar refractivity (Wildman–Crippen MR) is 85.3 cm³/mol. The molecule has 1 aromatic carbocycles. The van der Waals surface area contributed by atoms with Gasteiger partial charge in [-0.3, -0.25) is 9.59 Å². The Morgan fingerprint density at radius 3 is 2.48 bits per heavy atom. The second-order valence-electron chi connectivity index (χ2n) is 6.28. The first-order valence-corrected chi connectivity index (χ1v) is 8.08. The minimum atomic E-state index is -1.00. The molecule has 1 unspecified atom stereocenters. The second-order valence-corrected chi connectivity index (χ2v) is 6.69. The van der Waals surface area contributed by atoms with Crippen LogP contribution >= 0.6 is 11.6 Å². The number of carbonyl (C=O) groups excluding carboxylic acids is 2. The zero-order valence-corrected chi connectivity index (χ0v) is 14.3. The normalized spacial score (nSPS) is 24.3. The number of piperidine rings is 1. The molecule has 3 rings (SSSR count). The Bertz CT molecular complexity index is 665. The van der Waals surface area contributed by atoms with Crippen LogP contribution in [0.3, 0.4) is 0 Å². The van der Waals surface area contributed by atoms with E-state index in [-0.39, 0.29) is 5.78 Å². The van der Waals surface area contributed by atoms with Crippen LogP contribution in [0.2, 0.25) is 5.02 Å². The average molecular weight is 338 g/mol. The van der Waals surface area contributed by atoms with E-state index in [4.69, 9.17) is 21.2 Å². The summed E-state index contributed by atoms with van der Waals surface area (Å²) in [6.07, 6.45) is 0.932. The number of aryl methyl sites for hydroxylation is 2. The standard InChI is InChI=1S/C17H20ClNO4/c1-10-9-13(18)11(2)8-12(10)14-15(20)17(23-16(14)21)4-6-19(22-3)7-5-17/h8-9,14H,4-7H2,1-3H3. The number of hydrogen-bond donors (Lipinski definition) is 0. The predicted octanol–water partition coefficient (Wildman–Crippen LogP) is 2.56. The Balaban J connectivity index is 1.92. The summed E-state index contributed by atoms with van der Waals surface area (Å²) >= 11 is 6.12. The highest BCUT2D eigenvalue weighted by molar-refractivity contribution is 6.31. The van der Waals surface area contributed by atoms with Crippen molar-refractivity contribution in [3.05, 3.63) is 33.8 Å². The molecule has 1 spiro atoms. The molecule has 0 amide bonds. The molecule has 124 valence electrons. The van der Waals surface area contributed by atoms with Gasteiger partial charge in [0.25, 0.3) is 0 Å². The maximum atomic E-state index is 13.0. The van der Waals surface area contributed by atoms with Gasteiger partial charge in [0, 0.05) is 31.0 Å². The highest BCUT2D eigenvalue weighted by atomic mass is 35.5. The third-order valence-electron chi connectivity index (χ3n) is 4.89. The molecular weight excluding hydrogens is 318 g/mol. The summed E-state index contributed by atoms with van der Waals surface area (Å²) in [5.41, 5.74) is 1.38. The lowest BCUT2D eigenvalue weighted by Gasteiger charge is -2.35. The van der Waals surface area contributed by atoms with Gasteiger partial charge in [-0.1, -0.05) is 17.7 Å². The molecule has 5 nitrogen and oxygen atoms in total. The van der Waals surface area contributed by atoms with Gasteiger partial charge in [0.05, 0.1) is 7.11 Å². The minimum absolute atomic E-state index is 0.136. The van der Waals surface area contributed by atoms with E-state index in [9.17, 15) is 9.59 Å². The number of ketones is 1. The summed E-state index contributed by atoms with van der Waals surface area (Å²) in [5.74, 6) is -1.44. The average Bonchev–Trinajstić information content (AvgIpc) is 2.75. The Morgan fingerprint density at radius 2 is 1.87 bits per heavy atom. The van der Waals surface area contributed by atoms with Gasteiger partial charge in [-0.15, -0.1) is 0 Å². The molecule has 0 bridgehead atoms. The van der Waals surface area contributed by atoms with Gasteiger partial charge in [-0.2, -0.15) is 5.06 Å². The molecule has 2 fully saturated rings. The Morgan fingerprint density at radius 1 is 1.22 bits per heavy atom. The van der Waals surface area contributed by atoms with Crippen molar-refractivity contribution >= 4 is 23.4 Å². The SMILES string of the molecule is CON1CCC2(CC1)OC(=O)C(c1cc(C)c(Cl)cc1C)C2=O. The first-order chi connectivity index (χ1) is 10.9. The summed E-state index contributed by atoms with van der Waals surface area (Å²) in [6.45, 7) is 4.87. The van der Waals surface area contributed by atoms with Crippen LogP contribution < -0.4 is 0 Å². The lowest BCUT2D eigenvalue weighted by molar-refractivity contribution is -0.184. The second kappa shape index (κ2) is 5.89. The lowest BCUT2D eigenvalue weighted by Crippen LogP contribution is -2.48. The van der Waals surface area contributed by atoms with Crippen LogP contribution in [0.5, 0.6) is 0 Å². The quantitative estimate of drug-likeness (QED) is 0.613. The Labute approximate surface area is 140 Å². The van der Waals surface area contributed by atoms with Crippen LogP contribution in [0.4, 0.5) is 0 Å². The number of halogens is 1. The summed E-state index contributed by atoms with van der Waals surface area (Å²) in [7, 11) is 1.60. The minimum Gasteiger partial charge on any atom is -0.450 e. The lowest BCUT2D eigenvalue weighted by atomic mass is 9.81. The number of hydrogen-bond acceptors (Lipinski definition) is 5. The van der Waals surface area contributed by atoms with E-state index in [2.05, 4.69) is 0 Å². The number of carbonyl (C=O) groups is 2. The van der Waals surface area contributed by atoms with E-state index in [0.717, 1.165) is 11.1 Å². The van der Waals surface area contributed by atoms with E-state index in [1.807, 2.05) is 19.9 Å². The van der Waals surface area contributed by atoms with Crippen LogP contribution in [0.25, 0.3) is 0 Å². The zero-order valence-electron chi connectivity index (χ0n) is 13.5. The maximum absolute atomic E-state index is 13.0. The van der Waals surface area contributed by atoms with Crippen molar-refractivity contribution in [2.75, 3.05) is 20.2 Å². The van der Waals surface area contributed by atoms with Gasteiger partial charge in [-0.05, 0) is 36.6 Å². The molecule has 1 atom stereocenters. The summed E-state index contributed by atoms with van der Waals surface area (Å²) in [6, 6.07) is 3.62.